The lowest BCUT2D eigenvalue weighted by Gasteiger charge is -2.20. The van der Waals surface area contributed by atoms with Crippen molar-refractivity contribution in [3.05, 3.63) is 30.1 Å². The third-order valence-corrected chi connectivity index (χ3v) is 4.02. The molecule has 0 amide bonds. The van der Waals surface area contributed by atoms with Crippen molar-refractivity contribution < 1.29 is 9.90 Å². The molecule has 5 heteroatoms. The molecule has 1 fully saturated rings. The lowest BCUT2D eigenvalue weighted by Crippen LogP contribution is -2.29. The Hall–Kier alpha value is -1.88. The van der Waals surface area contributed by atoms with Crippen LogP contribution in [0.4, 0.5) is 0 Å². The van der Waals surface area contributed by atoms with Gasteiger partial charge in [-0.1, -0.05) is 0 Å². The van der Waals surface area contributed by atoms with E-state index in [2.05, 4.69) is 16.4 Å². The van der Waals surface area contributed by atoms with Crippen LogP contribution in [0.1, 0.15) is 32.3 Å². The lowest BCUT2D eigenvalue weighted by molar-refractivity contribution is -0.147. The first-order valence-electron chi connectivity index (χ1n) is 7.37. The maximum absolute atomic E-state index is 11.3. The zero-order valence-corrected chi connectivity index (χ0v) is 12.5. The molecule has 2 aromatic heterocycles. The Labute approximate surface area is 124 Å². The Bertz CT molecular complexity index is 671. The van der Waals surface area contributed by atoms with Gasteiger partial charge in [0.05, 0.1) is 5.41 Å². The smallest absolute Gasteiger partial charge is 0.310 e. The summed E-state index contributed by atoms with van der Waals surface area (Å²) < 4.78 is 1.97. The lowest BCUT2D eigenvalue weighted by atomic mass is 9.94. The van der Waals surface area contributed by atoms with E-state index < -0.39 is 11.4 Å². The first-order valence-corrected chi connectivity index (χ1v) is 7.37. The van der Waals surface area contributed by atoms with E-state index in [1.165, 1.54) is 18.4 Å². The molecule has 0 atom stereocenters. The zero-order valence-electron chi connectivity index (χ0n) is 12.5. The molecule has 0 aromatic carbocycles. The van der Waals surface area contributed by atoms with Crippen molar-refractivity contribution in [1.82, 2.24) is 14.9 Å². The highest BCUT2D eigenvalue weighted by Crippen LogP contribution is 2.26. The van der Waals surface area contributed by atoms with E-state index >= 15 is 0 Å². The third-order valence-electron chi connectivity index (χ3n) is 4.02. The number of nitrogens with zero attached hydrogens (tertiary/aromatic N) is 2. The van der Waals surface area contributed by atoms with Gasteiger partial charge in [0.2, 0.25) is 0 Å². The quantitative estimate of drug-likeness (QED) is 0.856. The predicted octanol–water partition coefficient (Wildman–Crippen LogP) is 2.40. The van der Waals surface area contributed by atoms with Gasteiger partial charge in [-0.15, -0.1) is 0 Å². The highest BCUT2D eigenvalue weighted by Gasteiger charge is 2.29. The number of carboxylic acids is 1. The fourth-order valence-corrected chi connectivity index (χ4v) is 2.49. The molecule has 3 rings (SSSR count). The summed E-state index contributed by atoms with van der Waals surface area (Å²) in [6, 6.07) is 4.63. The number of hydrogen-bond donors (Lipinski definition) is 2. The van der Waals surface area contributed by atoms with Crippen LogP contribution in [0, 0.1) is 5.41 Å². The number of aromatic nitrogens is 2. The summed E-state index contributed by atoms with van der Waals surface area (Å²) in [6.45, 7) is 4.71. The molecule has 1 aliphatic carbocycles. The van der Waals surface area contributed by atoms with Gasteiger partial charge in [-0.05, 0) is 44.4 Å². The Morgan fingerprint density at radius 3 is 2.95 bits per heavy atom. The van der Waals surface area contributed by atoms with Crippen LogP contribution in [-0.2, 0) is 17.9 Å². The molecule has 1 aliphatic rings. The summed E-state index contributed by atoms with van der Waals surface area (Å²) in [6.07, 6.45) is 6.30. The average molecular weight is 287 g/mol. The topological polar surface area (TPSA) is 67.2 Å². The molecule has 0 saturated heterocycles. The van der Waals surface area contributed by atoms with Crippen molar-refractivity contribution >= 4 is 17.0 Å². The van der Waals surface area contributed by atoms with Gasteiger partial charge in [-0.25, -0.2) is 4.98 Å². The minimum atomic E-state index is -0.815. The van der Waals surface area contributed by atoms with E-state index in [9.17, 15) is 9.90 Å². The number of aliphatic carboxylic acids is 1. The summed E-state index contributed by atoms with van der Waals surface area (Å²) in [5.74, 6) is -0.794. The van der Waals surface area contributed by atoms with Gasteiger partial charge in [0.25, 0.3) is 0 Å². The van der Waals surface area contributed by atoms with Crippen LogP contribution in [-0.4, -0.2) is 26.7 Å². The summed E-state index contributed by atoms with van der Waals surface area (Å²) >= 11 is 0. The van der Waals surface area contributed by atoms with Crippen molar-refractivity contribution in [2.75, 3.05) is 0 Å². The van der Waals surface area contributed by atoms with Gasteiger partial charge in [0.1, 0.15) is 5.65 Å². The van der Waals surface area contributed by atoms with E-state index in [-0.39, 0.29) is 0 Å². The van der Waals surface area contributed by atoms with Gasteiger partial charge < -0.3 is 15.0 Å². The minimum Gasteiger partial charge on any atom is -0.481 e. The normalized spacial score (nSPS) is 15.5. The molecule has 0 radical (unpaired) electrons. The van der Waals surface area contributed by atoms with E-state index in [4.69, 9.17) is 0 Å². The second-order valence-corrected chi connectivity index (χ2v) is 6.50. The minimum absolute atomic E-state index is 0.416. The van der Waals surface area contributed by atoms with Crippen molar-refractivity contribution in [2.45, 2.75) is 45.8 Å². The Morgan fingerprint density at radius 1 is 1.52 bits per heavy atom. The molecule has 0 bridgehead atoms. The van der Waals surface area contributed by atoms with Crippen molar-refractivity contribution in [3.8, 4) is 0 Å². The van der Waals surface area contributed by atoms with Gasteiger partial charge in [0.15, 0.2) is 0 Å². The number of fused-ring (bicyclic) bond motifs is 1. The summed E-state index contributed by atoms with van der Waals surface area (Å²) in [4.78, 5) is 15.8. The zero-order chi connectivity index (χ0) is 15.0. The van der Waals surface area contributed by atoms with Crippen molar-refractivity contribution in [2.24, 2.45) is 5.41 Å². The number of hydrogen-bond acceptors (Lipinski definition) is 3. The average Bonchev–Trinajstić information content (AvgIpc) is 3.21. The second-order valence-electron chi connectivity index (χ2n) is 6.50. The fourth-order valence-electron chi connectivity index (χ4n) is 2.49. The van der Waals surface area contributed by atoms with Gasteiger partial charge in [0, 0.05) is 36.9 Å². The largest absolute Gasteiger partial charge is 0.481 e. The molecule has 2 heterocycles. The number of nitrogens with one attached hydrogen (secondary N) is 1. The molecule has 0 spiro atoms. The number of carboxylic acid groups (broad SMARTS) is 1. The van der Waals surface area contributed by atoms with Crippen LogP contribution in [0.3, 0.4) is 0 Å². The van der Waals surface area contributed by atoms with Crippen LogP contribution in [0.15, 0.2) is 24.5 Å². The maximum Gasteiger partial charge on any atom is 0.310 e. The van der Waals surface area contributed by atoms with Crippen LogP contribution in [0.5, 0.6) is 0 Å². The van der Waals surface area contributed by atoms with E-state index in [0.717, 1.165) is 17.6 Å². The number of pyridine rings is 1. The van der Waals surface area contributed by atoms with Crippen molar-refractivity contribution in [1.29, 1.82) is 0 Å². The molecule has 0 aliphatic heterocycles. The highest BCUT2D eigenvalue weighted by molar-refractivity contribution is 5.81. The second kappa shape index (κ2) is 5.15. The molecule has 5 nitrogen and oxygen atoms in total. The van der Waals surface area contributed by atoms with Gasteiger partial charge in [-0.2, -0.15) is 0 Å². The van der Waals surface area contributed by atoms with Gasteiger partial charge in [-0.3, -0.25) is 4.79 Å². The van der Waals surface area contributed by atoms with Crippen molar-refractivity contribution in [3.63, 3.8) is 0 Å². The molecular formula is C16H21N3O2. The van der Waals surface area contributed by atoms with Crippen LogP contribution >= 0.6 is 0 Å². The standard InChI is InChI=1S/C16H21N3O2/c1-16(2,15(20)21)10-19-9-11(8-18-12-5-6-12)13-4-3-7-17-14(13)19/h3-4,7,9,12,18H,5-6,8,10H2,1-2H3,(H,20,21). The fraction of sp³-hybridized carbons (Fsp3) is 0.500. The summed E-state index contributed by atoms with van der Waals surface area (Å²) in [5, 5.41) is 13.9. The molecule has 21 heavy (non-hydrogen) atoms. The third kappa shape index (κ3) is 2.93. The van der Waals surface area contributed by atoms with Gasteiger partial charge >= 0.3 is 5.97 Å². The molecule has 112 valence electrons. The van der Waals surface area contributed by atoms with Crippen LogP contribution in [0.25, 0.3) is 11.0 Å². The number of rotatable bonds is 6. The monoisotopic (exact) mass is 287 g/mol. The SMILES string of the molecule is CC(C)(Cn1cc(CNC2CC2)c2cccnc21)C(=O)O. The maximum atomic E-state index is 11.3. The van der Waals surface area contributed by atoms with E-state index in [1.54, 1.807) is 20.0 Å². The molecule has 2 aromatic rings. The van der Waals surface area contributed by atoms with E-state index in [1.807, 2.05) is 16.8 Å². The molecule has 2 N–H and O–H groups in total. The molecular weight excluding hydrogens is 266 g/mol. The Balaban J connectivity index is 1.92. The summed E-state index contributed by atoms with van der Waals surface area (Å²) in [5.41, 5.74) is 1.23. The van der Waals surface area contributed by atoms with Crippen LogP contribution < -0.4 is 5.32 Å². The number of carbonyl (C=O) groups is 1. The first-order chi connectivity index (χ1) is 9.97. The Kier molecular flexibility index (Phi) is 3.45. The first kappa shape index (κ1) is 14.1. The highest BCUT2D eigenvalue weighted by atomic mass is 16.4. The molecule has 1 saturated carbocycles. The van der Waals surface area contributed by atoms with Crippen LogP contribution in [0.2, 0.25) is 0 Å². The Morgan fingerprint density at radius 2 is 2.29 bits per heavy atom. The molecule has 0 unspecified atom stereocenters. The van der Waals surface area contributed by atoms with E-state index in [0.29, 0.717) is 12.6 Å². The summed E-state index contributed by atoms with van der Waals surface area (Å²) in [7, 11) is 0. The predicted molar refractivity (Wildman–Crippen MR) is 81.0 cm³/mol.